The largest absolute Gasteiger partial charge is 0.421 e. The number of anilines is 1. The summed E-state index contributed by atoms with van der Waals surface area (Å²) < 4.78 is 7.58. The molecule has 2 aromatic heterocycles. The Kier molecular flexibility index (Phi) is 4.64. The monoisotopic (exact) mass is 380 g/mol. The number of hydrogen-bond donors (Lipinski definition) is 1. The molecular formula is C20H17ClN4O2. The fraction of sp³-hybridized carbons (Fsp3) is 0.150. The highest BCUT2D eigenvalue weighted by Gasteiger charge is 2.16. The van der Waals surface area contributed by atoms with E-state index in [1.807, 2.05) is 42.0 Å². The van der Waals surface area contributed by atoms with Crippen molar-refractivity contribution in [2.24, 2.45) is 0 Å². The van der Waals surface area contributed by atoms with Crippen LogP contribution in [0.1, 0.15) is 12.8 Å². The fourth-order valence-corrected chi connectivity index (χ4v) is 3.07. The third-order valence-electron chi connectivity index (χ3n) is 4.23. The number of aryl methyl sites for hydroxylation is 1. The number of nitrogens with zero attached hydrogens (tertiary/aromatic N) is 3. The topological polar surface area (TPSA) is 73.0 Å². The third-order valence-corrected chi connectivity index (χ3v) is 4.48. The number of aromatic nitrogens is 3. The van der Waals surface area contributed by atoms with E-state index in [2.05, 4.69) is 15.5 Å². The standard InChI is InChI=1S/C20H17ClN4O2/c1-2-19-23-24-20(27-19)16-11-25(17-6-4-3-5-15(16)17)12-18(26)22-14-9-7-13(21)8-10-14/h3-11H,2,12H2,1H3,(H,22,26). The van der Waals surface area contributed by atoms with Gasteiger partial charge in [-0.2, -0.15) is 0 Å². The summed E-state index contributed by atoms with van der Waals surface area (Å²) in [6, 6.07) is 14.8. The maximum atomic E-state index is 12.5. The lowest BCUT2D eigenvalue weighted by Gasteiger charge is -2.07. The van der Waals surface area contributed by atoms with Crippen LogP contribution in [0.25, 0.3) is 22.4 Å². The summed E-state index contributed by atoms with van der Waals surface area (Å²) in [7, 11) is 0. The van der Waals surface area contributed by atoms with Gasteiger partial charge in [0.05, 0.1) is 5.56 Å². The van der Waals surface area contributed by atoms with Crippen molar-refractivity contribution >= 4 is 34.1 Å². The molecule has 0 aliphatic rings. The number of rotatable bonds is 5. The number of hydrogen-bond acceptors (Lipinski definition) is 4. The van der Waals surface area contributed by atoms with Crippen molar-refractivity contribution in [1.82, 2.24) is 14.8 Å². The molecular weight excluding hydrogens is 364 g/mol. The SMILES string of the molecule is CCc1nnc(-c2cn(CC(=O)Nc3ccc(Cl)cc3)c3ccccc23)o1. The molecule has 0 fully saturated rings. The van der Waals surface area contributed by atoms with Gasteiger partial charge in [-0.25, -0.2) is 0 Å². The molecule has 0 spiro atoms. The Labute approximate surface area is 160 Å². The first kappa shape index (κ1) is 17.3. The van der Waals surface area contributed by atoms with E-state index in [0.29, 0.717) is 28.9 Å². The number of carbonyl (C=O) groups excluding carboxylic acids is 1. The molecule has 136 valence electrons. The summed E-state index contributed by atoms with van der Waals surface area (Å²) in [6.07, 6.45) is 2.55. The molecule has 0 unspecified atom stereocenters. The van der Waals surface area contributed by atoms with E-state index < -0.39 is 0 Å². The van der Waals surface area contributed by atoms with Gasteiger partial charge in [-0.15, -0.1) is 10.2 Å². The predicted octanol–water partition coefficient (Wildman–Crippen LogP) is 4.55. The molecule has 4 aromatic rings. The molecule has 0 atom stereocenters. The van der Waals surface area contributed by atoms with Crippen molar-refractivity contribution in [1.29, 1.82) is 0 Å². The van der Waals surface area contributed by atoms with Crippen molar-refractivity contribution in [3.8, 4) is 11.5 Å². The first-order valence-corrected chi connectivity index (χ1v) is 8.98. The molecule has 2 heterocycles. The van der Waals surface area contributed by atoms with Gasteiger partial charge >= 0.3 is 0 Å². The van der Waals surface area contributed by atoms with Crippen LogP contribution in [0.5, 0.6) is 0 Å². The molecule has 0 aliphatic heterocycles. The van der Waals surface area contributed by atoms with E-state index in [1.165, 1.54) is 0 Å². The summed E-state index contributed by atoms with van der Waals surface area (Å²) in [5.74, 6) is 0.909. The Morgan fingerprint density at radius 3 is 2.67 bits per heavy atom. The number of benzene rings is 2. The summed E-state index contributed by atoms with van der Waals surface area (Å²) in [5, 5.41) is 12.6. The van der Waals surface area contributed by atoms with Gasteiger partial charge in [-0.05, 0) is 30.3 Å². The second-order valence-corrected chi connectivity index (χ2v) is 6.53. The smallest absolute Gasteiger partial charge is 0.249 e. The zero-order valence-electron chi connectivity index (χ0n) is 14.6. The lowest BCUT2D eigenvalue weighted by Crippen LogP contribution is -2.18. The molecule has 1 N–H and O–H groups in total. The highest BCUT2D eigenvalue weighted by Crippen LogP contribution is 2.30. The second kappa shape index (κ2) is 7.25. The van der Waals surface area contributed by atoms with Crippen molar-refractivity contribution in [2.75, 3.05) is 5.32 Å². The molecule has 7 heteroatoms. The number of para-hydroxylation sites is 1. The van der Waals surface area contributed by atoms with Crippen LogP contribution in [0.2, 0.25) is 5.02 Å². The van der Waals surface area contributed by atoms with E-state index in [4.69, 9.17) is 16.0 Å². The van der Waals surface area contributed by atoms with Crippen LogP contribution in [-0.4, -0.2) is 20.7 Å². The van der Waals surface area contributed by atoms with E-state index in [1.54, 1.807) is 24.3 Å². The van der Waals surface area contributed by atoms with Crippen LogP contribution >= 0.6 is 11.6 Å². The van der Waals surface area contributed by atoms with Gasteiger partial charge in [0.25, 0.3) is 0 Å². The Balaban J connectivity index is 1.63. The minimum Gasteiger partial charge on any atom is -0.421 e. The van der Waals surface area contributed by atoms with Crippen LogP contribution in [0.4, 0.5) is 5.69 Å². The molecule has 6 nitrogen and oxygen atoms in total. The Morgan fingerprint density at radius 2 is 1.93 bits per heavy atom. The lowest BCUT2D eigenvalue weighted by molar-refractivity contribution is -0.116. The Hall–Kier alpha value is -3.12. The number of amides is 1. The average molecular weight is 381 g/mol. The van der Waals surface area contributed by atoms with E-state index in [-0.39, 0.29) is 12.5 Å². The van der Waals surface area contributed by atoms with Crippen LogP contribution in [0.15, 0.2) is 59.1 Å². The second-order valence-electron chi connectivity index (χ2n) is 6.10. The van der Waals surface area contributed by atoms with Gasteiger partial charge in [0, 0.05) is 34.2 Å². The van der Waals surface area contributed by atoms with E-state index in [9.17, 15) is 4.79 Å². The van der Waals surface area contributed by atoms with Crippen LogP contribution in [0.3, 0.4) is 0 Å². The van der Waals surface area contributed by atoms with Crippen molar-refractivity contribution in [3.63, 3.8) is 0 Å². The number of carbonyl (C=O) groups is 1. The van der Waals surface area contributed by atoms with Gasteiger partial charge < -0.3 is 14.3 Å². The van der Waals surface area contributed by atoms with Crippen molar-refractivity contribution in [3.05, 3.63) is 65.6 Å². The molecule has 0 aliphatic carbocycles. The van der Waals surface area contributed by atoms with E-state index >= 15 is 0 Å². The molecule has 1 amide bonds. The molecule has 2 aromatic carbocycles. The molecule has 27 heavy (non-hydrogen) atoms. The molecule has 0 saturated heterocycles. The van der Waals surface area contributed by atoms with Gasteiger partial charge in [0.2, 0.25) is 17.7 Å². The minimum absolute atomic E-state index is 0.135. The third kappa shape index (κ3) is 3.57. The zero-order valence-corrected chi connectivity index (χ0v) is 15.4. The summed E-state index contributed by atoms with van der Waals surface area (Å²) >= 11 is 5.88. The quantitative estimate of drug-likeness (QED) is 0.551. The average Bonchev–Trinajstić information content (AvgIpc) is 3.29. The van der Waals surface area contributed by atoms with Crippen molar-refractivity contribution < 1.29 is 9.21 Å². The normalized spacial score (nSPS) is 11.0. The number of fused-ring (bicyclic) bond motifs is 1. The highest BCUT2D eigenvalue weighted by atomic mass is 35.5. The highest BCUT2D eigenvalue weighted by molar-refractivity contribution is 6.30. The first-order chi connectivity index (χ1) is 13.1. The summed E-state index contributed by atoms with van der Waals surface area (Å²) in [6.45, 7) is 2.12. The number of halogens is 1. The van der Waals surface area contributed by atoms with E-state index in [0.717, 1.165) is 16.5 Å². The first-order valence-electron chi connectivity index (χ1n) is 8.60. The number of nitrogens with one attached hydrogen (secondary N) is 1. The molecule has 0 saturated carbocycles. The minimum atomic E-state index is -0.135. The van der Waals surface area contributed by atoms with Gasteiger partial charge in [0.1, 0.15) is 6.54 Å². The van der Waals surface area contributed by atoms with Gasteiger partial charge in [-0.3, -0.25) is 4.79 Å². The van der Waals surface area contributed by atoms with Crippen LogP contribution in [0, 0.1) is 0 Å². The van der Waals surface area contributed by atoms with Crippen LogP contribution < -0.4 is 5.32 Å². The Bertz CT molecular complexity index is 1100. The van der Waals surface area contributed by atoms with Crippen molar-refractivity contribution in [2.45, 2.75) is 19.9 Å². The maximum absolute atomic E-state index is 12.5. The Morgan fingerprint density at radius 1 is 1.15 bits per heavy atom. The fourth-order valence-electron chi connectivity index (χ4n) is 2.94. The van der Waals surface area contributed by atoms with Crippen LogP contribution in [-0.2, 0) is 17.8 Å². The predicted molar refractivity (Wildman–Crippen MR) is 105 cm³/mol. The molecule has 0 radical (unpaired) electrons. The van der Waals surface area contributed by atoms with Gasteiger partial charge in [0.15, 0.2) is 0 Å². The zero-order chi connectivity index (χ0) is 18.8. The maximum Gasteiger partial charge on any atom is 0.249 e. The lowest BCUT2D eigenvalue weighted by atomic mass is 10.2. The van der Waals surface area contributed by atoms with Gasteiger partial charge in [-0.1, -0.05) is 36.7 Å². The molecule has 0 bridgehead atoms. The summed E-state index contributed by atoms with van der Waals surface area (Å²) in [4.78, 5) is 12.5. The summed E-state index contributed by atoms with van der Waals surface area (Å²) in [5.41, 5.74) is 2.44. The molecule has 4 rings (SSSR count).